The van der Waals surface area contributed by atoms with Gasteiger partial charge in [0.15, 0.2) is 6.10 Å². The molecule has 1 aromatic heterocycles. The Balaban J connectivity index is 1.62. The van der Waals surface area contributed by atoms with Crippen LogP contribution in [-0.4, -0.2) is 67.1 Å². The molecule has 1 saturated heterocycles. The van der Waals surface area contributed by atoms with Crippen LogP contribution in [0.4, 0.5) is 5.69 Å². The van der Waals surface area contributed by atoms with Gasteiger partial charge in [-0.15, -0.1) is 0 Å². The molecule has 0 unspecified atom stereocenters. The first kappa shape index (κ1) is 22.4. The van der Waals surface area contributed by atoms with Crippen LogP contribution in [0.25, 0.3) is 0 Å². The van der Waals surface area contributed by atoms with Crippen molar-refractivity contribution in [2.24, 2.45) is 0 Å². The highest BCUT2D eigenvalue weighted by atomic mass is 16.5. The maximum atomic E-state index is 12.8. The SMILES string of the molecule is CCc1[nH]c(C(=O)O[C@@H](C)C(=O)N2CCN(c3ccccc3)CC2)c(C)c1C(=O)OC. The number of carbonyl (C=O) groups is 3. The normalized spacial score (nSPS) is 14.8. The molecule has 1 aliphatic heterocycles. The third-order valence-corrected chi connectivity index (χ3v) is 5.62. The van der Waals surface area contributed by atoms with Crippen LogP contribution >= 0.6 is 0 Å². The van der Waals surface area contributed by atoms with E-state index in [9.17, 15) is 14.4 Å². The zero-order valence-corrected chi connectivity index (χ0v) is 18.4. The number of hydrogen-bond acceptors (Lipinski definition) is 6. The monoisotopic (exact) mass is 427 g/mol. The topological polar surface area (TPSA) is 91.9 Å². The van der Waals surface area contributed by atoms with Crippen LogP contribution in [0.2, 0.25) is 0 Å². The van der Waals surface area contributed by atoms with Crippen LogP contribution < -0.4 is 4.90 Å². The third kappa shape index (κ3) is 4.73. The highest BCUT2D eigenvalue weighted by Crippen LogP contribution is 2.22. The molecule has 0 radical (unpaired) electrons. The van der Waals surface area contributed by atoms with E-state index < -0.39 is 18.0 Å². The smallest absolute Gasteiger partial charge is 0.355 e. The van der Waals surface area contributed by atoms with Gasteiger partial charge < -0.3 is 24.3 Å². The first-order valence-corrected chi connectivity index (χ1v) is 10.5. The van der Waals surface area contributed by atoms with Crippen molar-refractivity contribution in [3.63, 3.8) is 0 Å². The van der Waals surface area contributed by atoms with Crippen molar-refractivity contribution in [1.82, 2.24) is 9.88 Å². The molecule has 0 bridgehead atoms. The van der Waals surface area contributed by atoms with Gasteiger partial charge in [0, 0.05) is 37.6 Å². The molecule has 2 heterocycles. The number of H-pyrrole nitrogens is 1. The van der Waals surface area contributed by atoms with Crippen molar-refractivity contribution in [2.75, 3.05) is 38.2 Å². The summed E-state index contributed by atoms with van der Waals surface area (Å²) in [4.78, 5) is 44.5. The maximum Gasteiger partial charge on any atom is 0.355 e. The van der Waals surface area contributed by atoms with Crippen LogP contribution in [0.3, 0.4) is 0 Å². The fourth-order valence-corrected chi connectivity index (χ4v) is 3.86. The Labute approximate surface area is 182 Å². The number of amides is 1. The largest absolute Gasteiger partial charge is 0.465 e. The lowest BCUT2D eigenvalue weighted by atomic mass is 10.1. The van der Waals surface area contributed by atoms with E-state index in [0.717, 1.165) is 5.69 Å². The number of carbonyl (C=O) groups excluding carboxylic acids is 3. The number of benzene rings is 1. The van der Waals surface area contributed by atoms with Crippen LogP contribution in [0.1, 0.15) is 46.0 Å². The number of rotatable bonds is 6. The number of ether oxygens (including phenoxy) is 2. The lowest BCUT2D eigenvalue weighted by Gasteiger charge is -2.37. The van der Waals surface area contributed by atoms with E-state index in [1.165, 1.54) is 7.11 Å². The summed E-state index contributed by atoms with van der Waals surface area (Å²) in [6.07, 6.45) is -0.399. The lowest BCUT2D eigenvalue weighted by Crippen LogP contribution is -2.51. The summed E-state index contributed by atoms with van der Waals surface area (Å²) < 4.78 is 10.3. The van der Waals surface area contributed by atoms with E-state index in [1.54, 1.807) is 18.7 Å². The van der Waals surface area contributed by atoms with Gasteiger partial charge in [0.05, 0.1) is 12.7 Å². The summed E-state index contributed by atoms with van der Waals surface area (Å²) in [7, 11) is 1.30. The van der Waals surface area contributed by atoms with E-state index in [1.807, 2.05) is 37.3 Å². The Hall–Kier alpha value is -3.29. The van der Waals surface area contributed by atoms with Gasteiger partial charge in [-0.05, 0) is 38.0 Å². The van der Waals surface area contributed by atoms with Crippen LogP contribution in [0.15, 0.2) is 30.3 Å². The van der Waals surface area contributed by atoms with Gasteiger partial charge in [-0.25, -0.2) is 9.59 Å². The summed E-state index contributed by atoms with van der Waals surface area (Å²) in [5, 5.41) is 0. The van der Waals surface area contributed by atoms with Gasteiger partial charge in [-0.1, -0.05) is 25.1 Å². The Bertz CT molecular complexity index is 946. The van der Waals surface area contributed by atoms with Crippen LogP contribution in [0, 0.1) is 6.92 Å². The molecule has 1 aromatic carbocycles. The molecule has 3 rings (SSSR count). The molecular formula is C23H29N3O5. The molecule has 0 spiro atoms. The van der Waals surface area contributed by atoms with E-state index in [2.05, 4.69) is 9.88 Å². The number of nitrogens with zero attached hydrogens (tertiary/aromatic N) is 2. The van der Waals surface area contributed by atoms with Gasteiger partial charge in [-0.3, -0.25) is 4.79 Å². The van der Waals surface area contributed by atoms with Gasteiger partial charge in [-0.2, -0.15) is 0 Å². The van der Waals surface area contributed by atoms with E-state index in [0.29, 0.717) is 49.4 Å². The molecule has 1 N–H and O–H groups in total. The number of hydrogen-bond donors (Lipinski definition) is 1. The van der Waals surface area contributed by atoms with Crippen molar-refractivity contribution in [2.45, 2.75) is 33.3 Å². The number of aryl methyl sites for hydroxylation is 1. The van der Waals surface area contributed by atoms with Crippen LogP contribution in [-0.2, 0) is 20.7 Å². The standard InChI is InChI=1S/C23H29N3O5/c1-5-18-19(22(28)30-4)15(2)20(24-18)23(29)31-16(3)21(27)26-13-11-25(12-14-26)17-9-7-6-8-10-17/h6-10,16,24H,5,11-14H2,1-4H3/t16-/m0/s1. The van der Waals surface area contributed by atoms with Gasteiger partial charge >= 0.3 is 11.9 Å². The van der Waals surface area contributed by atoms with Crippen LogP contribution in [0.5, 0.6) is 0 Å². The summed E-state index contributed by atoms with van der Waals surface area (Å²) >= 11 is 0. The molecule has 8 heteroatoms. The highest BCUT2D eigenvalue weighted by molar-refractivity contribution is 5.99. The fourth-order valence-electron chi connectivity index (χ4n) is 3.86. The Morgan fingerprint density at radius 3 is 2.29 bits per heavy atom. The molecule has 31 heavy (non-hydrogen) atoms. The minimum Gasteiger partial charge on any atom is -0.465 e. The number of aromatic amines is 1. The number of piperazine rings is 1. The minimum atomic E-state index is -0.926. The van der Waals surface area contributed by atoms with Crippen molar-refractivity contribution in [3.8, 4) is 0 Å². The lowest BCUT2D eigenvalue weighted by molar-refractivity contribution is -0.140. The molecule has 0 aliphatic carbocycles. The first-order valence-electron chi connectivity index (χ1n) is 10.5. The maximum absolute atomic E-state index is 12.8. The molecular weight excluding hydrogens is 398 g/mol. The average molecular weight is 428 g/mol. The van der Waals surface area contributed by atoms with Crippen molar-refractivity contribution in [3.05, 3.63) is 52.8 Å². The van der Waals surface area contributed by atoms with E-state index in [-0.39, 0.29) is 11.6 Å². The average Bonchev–Trinajstić information content (AvgIpc) is 3.15. The van der Waals surface area contributed by atoms with Gasteiger partial charge in [0.25, 0.3) is 5.91 Å². The molecule has 1 aliphatic rings. The number of nitrogens with one attached hydrogen (secondary N) is 1. The zero-order chi connectivity index (χ0) is 22.5. The number of aromatic nitrogens is 1. The Morgan fingerprint density at radius 2 is 1.71 bits per heavy atom. The fraction of sp³-hybridized carbons (Fsp3) is 0.435. The summed E-state index contributed by atoms with van der Waals surface area (Å²) in [6, 6.07) is 10.1. The molecule has 1 amide bonds. The highest BCUT2D eigenvalue weighted by Gasteiger charge is 2.30. The number of anilines is 1. The third-order valence-electron chi connectivity index (χ3n) is 5.62. The number of esters is 2. The van der Waals surface area contributed by atoms with E-state index in [4.69, 9.17) is 9.47 Å². The predicted octanol–water partition coefficient (Wildman–Crippen LogP) is 2.57. The number of methoxy groups -OCH3 is 1. The quantitative estimate of drug-likeness (QED) is 0.713. The Kier molecular flexibility index (Phi) is 6.99. The predicted molar refractivity (Wildman–Crippen MR) is 116 cm³/mol. The molecule has 1 atom stereocenters. The summed E-state index contributed by atoms with van der Waals surface area (Å²) in [6.45, 7) is 7.65. The summed E-state index contributed by atoms with van der Waals surface area (Å²) in [5.41, 5.74) is 2.71. The van der Waals surface area contributed by atoms with Crippen molar-refractivity contribution in [1.29, 1.82) is 0 Å². The minimum absolute atomic E-state index is 0.172. The summed E-state index contributed by atoms with van der Waals surface area (Å²) in [5.74, 6) is -1.40. The van der Waals surface area contributed by atoms with Gasteiger partial charge in [0.2, 0.25) is 0 Å². The zero-order valence-electron chi connectivity index (χ0n) is 18.4. The second-order valence-corrected chi connectivity index (χ2v) is 7.52. The molecule has 1 fully saturated rings. The molecule has 2 aromatic rings. The molecule has 0 saturated carbocycles. The Morgan fingerprint density at radius 1 is 1.06 bits per heavy atom. The van der Waals surface area contributed by atoms with Crippen molar-refractivity contribution >= 4 is 23.5 Å². The first-order chi connectivity index (χ1) is 14.9. The second-order valence-electron chi connectivity index (χ2n) is 7.52. The number of para-hydroxylation sites is 1. The van der Waals surface area contributed by atoms with Crippen molar-refractivity contribution < 1.29 is 23.9 Å². The van der Waals surface area contributed by atoms with Gasteiger partial charge in [0.1, 0.15) is 5.69 Å². The van der Waals surface area contributed by atoms with E-state index >= 15 is 0 Å². The molecule has 8 nitrogen and oxygen atoms in total. The second kappa shape index (κ2) is 9.68. The molecule has 166 valence electrons.